The van der Waals surface area contributed by atoms with E-state index in [1.165, 1.54) is 0 Å². The first-order valence-electron chi connectivity index (χ1n) is 5.38. The van der Waals surface area contributed by atoms with Gasteiger partial charge in [-0.3, -0.25) is 9.59 Å². The number of primary amides is 1. The minimum atomic E-state index is -1.19. The highest BCUT2D eigenvalue weighted by atomic mass is 32.2. The number of carbonyl (C=O) groups excluding carboxylic acids is 2. The molecule has 1 unspecified atom stereocenters. The van der Waals surface area contributed by atoms with Crippen LogP contribution in [0.5, 0.6) is 0 Å². The molecule has 0 spiro atoms. The summed E-state index contributed by atoms with van der Waals surface area (Å²) in [5.74, 6) is -0.786. The number of thioether (sulfide) groups is 1. The van der Waals surface area contributed by atoms with Crippen LogP contribution in [0.25, 0.3) is 0 Å². The number of urea groups is 1. The number of carboxylic acid groups (broad SMARTS) is 1. The van der Waals surface area contributed by atoms with E-state index in [9.17, 15) is 14.4 Å². The number of carboxylic acids is 1. The van der Waals surface area contributed by atoms with Crippen LogP contribution in [0.2, 0.25) is 0 Å². The third-order valence-electron chi connectivity index (χ3n) is 2.01. The lowest BCUT2D eigenvalue weighted by molar-refractivity contribution is -0.137. The lowest BCUT2D eigenvalue weighted by atomic mass is 10.2. The van der Waals surface area contributed by atoms with Gasteiger partial charge < -0.3 is 21.1 Å². The molecular weight excluding hydrogens is 258 g/mol. The molecule has 0 aromatic rings. The Morgan fingerprint density at radius 3 is 2.44 bits per heavy atom. The van der Waals surface area contributed by atoms with Gasteiger partial charge in [-0.1, -0.05) is 6.92 Å². The molecule has 0 saturated carbocycles. The van der Waals surface area contributed by atoms with Crippen molar-refractivity contribution < 1.29 is 19.5 Å². The van der Waals surface area contributed by atoms with Gasteiger partial charge in [0.2, 0.25) is 5.91 Å². The first kappa shape index (κ1) is 16.6. The van der Waals surface area contributed by atoms with Crippen LogP contribution < -0.4 is 11.1 Å². The summed E-state index contributed by atoms with van der Waals surface area (Å²) < 4.78 is 0. The predicted octanol–water partition coefficient (Wildman–Crippen LogP) is -0.433. The average molecular weight is 277 g/mol. The van der Waals surface area contributed by atoms with Gasteiger partial charge >= 0.3 is 12.0 Å². The van der Waals surface area contributed by atoms with Gasteiger partial charge in [-0.15, -0.1) is 0 Å². The molecule has 7 nitrogen and oxygen atoms in total. The summed E-state index contributed by atoms with van der Waals surface area (Å²) >= 11 is 1.66. The summed E-state index contributed by atoms with van der Waals surface area (Å²) in [6.45, 7) is 1.43. The van der Waals surface area contributed by atoms with Crippen molar-refractivity contribution >= 4 is 29.7 Å². The summed E-state index contributed by atoms with van der Waals surface area (Å²) in [6.07, 6.45) is 1.96. The maximum atomic E-state index is 11.7. The quantitative estimate of drug-likeness (QED) is 0.557. The highest BCUT2D eigenvalue weighted by Gasteiger charge is 2.18. The average Bonchev–Trinajstić information content (AvgIpc) is 2.24. The molecule has 0 saturated heterocycles. The van der Waals surface area contributed by atoms with Crippen molar-refractivity contribution in [3.63, 3.8) is 0 Å². The van der Waals surface area contributed by atoms with Crippen molar-refractivity contribution in [2.75, 3.05) is 31.6 Å². The Morgan fingerprint density at radius 1 is 1.39 bits per heavy atom. The molecule has 18 heavy (non-hydrogen) atoms. The smallest absolute Gasteiger partial charge is 0.323 e. The largest absolute Gasteiger partial charge is 0.480 e. The number of hydrogen-bond acceptors (Lipinski definition) is 4. The second-order valence-electron chi connectivity index (χ2n) is 3.96. The summed E-state index contributed by atoms with van der Waals surface area (Å²) in [4.78, 5) is 33.8. The molecule has 0 radical (unpaired) electrons. The van der Waals surface area contributed by atoms with Gasteiger partial charge in [-0.05, 0) is 17.9 Å². The molecule has 0 aromatic carbocycles. The van der Waals surface area contributed by atoms with Crippen molar-refractivity contribution in [3.05, 3.63) is 0 Å². The third kappa shape index (κ3) is 7.77. The molecule has 0 fully saturated rings. The van der Waals surface area contributed by atoms with E-state index in [4.69, 9.17) is 10.8 Å². The van der Waals surface area contributed by atoms with Gasteiger partial charge in [-0.25, -0.2) is 4.79 Å². The highest BCUT2D eigenvalue weighted by Crippen LogP contribution is 2.02. The minimum Gasteiger partial charge on any atom is -0.480 e. The molecule has 0 aliphatic carbocycles. The normalized spacial score (nSPS) is 11.7. The van der Waals surface area contributed by atoms with Crippen LogP contribution in [0.3, 0.4) is 0 Å². The zero-order valence-electron chi connectivity index (χ0n) is 10.5. The fourth-order valence-electron chi connectivity index (χ4n) is 1.27. The van der Waals surface area contributed by atoms with Crippen LogP contribution in [0, 0.1) is 5.92 Å². The molecule has 104 valence electrons. The number of hydrogen-bond donors (Lipinski definition) is 3. The molecule has 3 amide bonds. The minimum absolute atomic E-state index is 0.268. The number of nitrogens with two attached hydrogens (primary N) is 1. The van der Waals surface area contributed by atoms with Gasteiger partial charge in [0.25, 0.3) is 0 Å². The Labute approximate surface area is 110 Å². The highest BCUT2D eigenvalue weighted by molar-refractivity contribution is 7.98. The monoisotopic (exact) mass is 277 g/mol. The van der Waals surface area contributed by atoms with Gasteiger partial charge in [0, 0.05) is 6.54 Å². The molecule has 0 aliphatic rings. The number of amides is 3. The molecule has 4 N–H and O–H groups in total. The Bertz CT molecular complexity index is 295. The zero-order valence-corrected chi connectivity index (χ0v) is 11.3. The number of aliphatic carboxylic acids is 1. The van der Waals surface area contributed by atoms with E-state index in [1.807, 2.05) is 13.2 Å². The molecule has 1 atom stereocenters. The Hall–Kier alpha value is -1.44. The lowest BCUT2D eigenvalue weighted by Crippen LogP contribution is -2.47. The summed E-state index contributed by atoms with van der Waals surface area (Å²) in [5, 5.41) is 11.2. The van der Waals surface area contributed by atoms with Crippen LogP contribution in [0.15, 0.2) is 0 Å². The topological polar surface area (TPSA) is 113 Å². The van der Waals surface area contributed by atoms with Crippen LogP contribution in [-0.2, 0) is 9.59 Å². The number of carbonyl (C=O) groups is 3. The van der Waals surface area contributed by atoms with E-state index < -0.39 is 31.0 Å². The van der Waals surface area contributed by atoms with Crippen molar-refractivity contribution in [1.29, 1.82) is 0 Å². The Morgan fingerprint density at radius 2 is 2.00 bits per heavy atom. The first-order chi connectivity index (χ1) is 8.36. The van der Waals surface area contributed by atoms with Crippen molar-refractivity contribution in [1.82, 2.24) is 10.2 Å². The van der Waals surface area contributed by atoms with E-state index in [1.54, 1.807) is 11.8 Å². The fraction of sp³-hybridized carbons (Fsp3) is 0.700. The van der Waals surface area contributed by atoms with Gasteiger partial charge in [-0.2, -0.15) is 11.8 Å². The van der Waals surface area contributed by atoms with Crippen LogP contribution >= 0.6 is 11.8 Å². The number of nitrogens with zero attached hydrogens (tertiary/aromatic N) is 1. The lowest BCUT2D eigenvalue weighted by Gasteiger charge is -2.20. The van der Waals surface area contributed by atoms with E-state index in [0.29, 0.717) is 6.54 Å². The summed E-state index contributed by atoms with van der Waals surface area (Å²) in [7, 11) is 0. The van der Waals surface area contributed by atoms with Crippen LogP contribution in [-0.4, -0.2) is 59.6 Å². The van der Waals surface area contributed by atoms with Crippen LogP contribution in [0.4, 0.5) is 4.79 Å². The standard InChI is InChI=1S/C10H19N3O4S/c1-7(6-18-2)3-12-10(17)13(4-8(11)14)5-9(15)16/h7H,3-6H2,1-2H3,(H2,11,14)(H,12,17)(H,15,16). The van der Waals surface area contributed by atoms with Crippen molar-refractivity contribution in [3.8, 4) is 0 Å². The van der Waals surface area contributed by atoms with E-state index >= 15 is 0 Å². The maximum absolute atomic E-state index is 11.7. The molecular formula is C10H19N3O4S. The number of nitrogens with one attached hydrogen (secondary N) is 1. The van der Waals surface area contributed by atoms with Gasteiger partial charge in [0.1, 0.15) is 13.1 Å². The van der Waals surface area contributed by atoms with Crippen LogP contribution in [0.1, 0.15) is 6.92 Å². The molecule has 0 bridgehead atoms. The molecule has 8 heteroatoms. The second kappa shape index (κ2) is 8.62. The fourth-order valence-corrected chi connectivity index (χ4v) is 1.95. The SMILES string of the molecule is CSCC(C)CNC(=O)N(CC(N)=O)CC(=O)O. The summed E-state index contributed by atoms with van der Waals surface area (Å²) in [5.41, 5.74) is 4.95. The Balaban J connectivity index is 4.28. The first-order valence-corrected chi connectivity index (χ1v) is 6.78. The maximum Gasteiger partial charge on any atom is 0.323 e. The van der Waals surface area contributed by atoms with Gasteiger partial charge in [0.05, 0.1) is 0 Å². The van der Waals surface area contributed by atoms with Crippen molar-refractivity contribution in [2.24, 2.45) is 11.7 Å². The second-order valence-corrected chi connectivity index (χ2v) is 4.87. The van der Waals surface area contributed by atoms with E-state index in [0.717, 1.165) is 10.7 Å². The van der Waals surface area contributed by atoms with Crippen molar-refractivity contribution in [2.45, 2.75) is 6.92 Å². The van der Waals surface area contributed by atoms with E-state index in [2.05, 4.69) is 5.32 Å². The predicted molar refractivity (Wildman–Crippen MR) is 69.3 cm³/mol. The van der Waals surface area contributed by atoms with E-state index in [-0.39, 0.29) is 5.92 Å². The molecule has 0 rings (SSSR count). The molecule has 0 heterocycles. The number of rotatable bonds is 8. The summed E-state index contributed by atoms with van der Waals surface area (Å²) in [6, 6.07) is -0.593. The molecule has 0 aromatic heterocycles. The zero-order chi connectivity index (χ0) is 14.1. The third-order valence-corrected chi connectivity index (χ3v) is 2.92. The molecule has 0 aliphatic heterocycles. The van der Waals surface area contributed by atoms with Gasteiger partial charge in [0.15, 0.2) is 0 Å². The Kier molecular flexibility index (Phi) is 7.93.